The minimum atomic E-state index is 0.188. The predicted octanol–water partition coefficient (Wildman–Crippen LogP) is 2.92. The van der Waals surface area contributed by atoms with Gasteiger partial charge in [0.05, 0.1) is 6.61 Å². The molecule has 1 unspecified atom stereocenters. The van der Waals surface area contributed by atoms with Crippen molar-refractivity contribution in [3.8, 4) is 0 Å². The highest BCUT2D eigenvalue weighted by Crippen LogP contribution is 2.28. The first-order valence-electron chi connectivity index (χ1n) is 5.44. The van der Waals surface area contributed by atoms with Gasteiger partial charge in [-0.2, -0.15) is 0 Å². The van der Waals surface area contributed by atoms with Crippen LogP contribution in [0.5, 0.6) is 0 Å². The van der Waals surface area contributed by atoms with Crippen LogP contribution in [0.4, 0.5) is 0 Å². The van der Waals surface area contributed by atoms with Crippen LogP contribution >= 0.6 is 23.4 Å². The highest BCUT2D eigenvalue weighted by atomic mass is 35.5. The van der Waals surface area contributed by atoms with E-state index in [1.165, 1.54) is 10.5 Å². The number of thioether (sulfide) groups is 1. The second-order valence-electron chi connectivity index (χ2n) is 3.64. The molecule has 1 atom stereocenters. The molecule has 0 amide bonds. The maximum atomic E-state index is 9.06. The molecule has 0 spiro atoms. The Morgan fingerprint density at radius 1 is 1.50 bits per heavy atom. The van der Waals surface area contributed by atoms with Crippen molar-refractivity contribution in [2.75, 3.05) is 13.2 Å². The summed E-state index contributed by atoms with van der Waals surface area (Å²) in [7, 11) is 0. The van der Waals surface area contributed by atoms with E-state index in [1.54, 1.807) is 11.8 Å². The molecule has 0 saturated carbocycles. The van der Waals surface area contributed by atoms with Crippen molar-refractivity contribution in [3.63, 3.8) is 0 Å². The number of aliphatic hydroxyl groups is 1. The van der Waals surface area contributed by atoms with Gasteiger partial charge in [0.25, 0.3) is 0 Å². The molecule has 2 nitrogen and oxygen atoms in total. The van der Waals surface area contributed by atoms with Crippen LogP contribution in [-0.4, -0.2) is 23.5 Å². The van der Waals surface area contributed by atoms with Crippen LogP contribution in [-0.2, 0) is 6.54 Å². The molecular formula is C12H18ClNOS. The molecule has 1 aromatic carbocycles. The number of rotatable bonds is 6. The summed E-state index contributed by atoms with van der Waals surface area (Å²) in [5.74, 6) is 0. The molecule has 0 aliphatic heterocycles. The number of hydrogen-bond acceptors (Lipinski definition) is 3. The molecule has 0 radical (unpaired) electrons. The van der Waals surface area contributed by atoms with E-state index in [4.69, 9.17) is 16.7 Å². The highest BCUT2D eigenvalue weighted by Gasteiger charge is 2.08. The summed E-state index contributed by atoms with van der Waals surface area (Å²) in [6, 6.07) is 5.89. The quantitative estimate of drug-likeness (QED) is 0.771. The summed E-state index contributed by atoms with van der Waals surface area (Å²) in [5.41, 5.74) is 1.19. The normalized spacial score (nSPS) is 12.8. The lowest BCUT2D eigenvalue weighted by molar-refractivity contribution is 0.300. The van der Waals surface area contributed by atoms with Crippen molar-refractivity contribution < 1.29 is 5.11 Å². The van der Waals surface area contributed by atoms with Gasteiger partial charge in [-0.3, -0.25) is 0 Å². The summed E-state index contributed by atoms with van der Waals surface area (Å²) in [4.78, 5) is 1.19. The molecule has 16 heavy (non-hydrogen) atoms. The third kappa shape index (κ3) is 4.34. The smallest absolute Gasteiger partial charge is 0.0550 e. The number of hydrogen-bond donors (Lipinski definition) is 2. The largest absolute Gasteiger partial charge is 0.395 e. The van der Waals surface area contributed by atoms with Crippen molar-refractivity contribution in [2.45, 2.75) is 30.5 Å². The predicted molar refractivity (Wildman–Crippen MR) is 71.2 cm³/mol. The van der Waals surface area contributed by atoms with E-state index < -0.39 is 0 Å². The Balaban J connectivity index is 2.80. The second-order valence-corrected chi connectivity index (χ2v) is 5.56. The lowest BCUT2D eigenvalue weighted by atomic mass is 10.2. The molecule has 0 heterocycles. The molecule has 2 N–H and O–H groups in total. The van der Waals surface area contributed by atoms with Gasteiger partial charge in [-0.25, -0.2) is 0 Å². The van der Waals surface area contributed by atoms with Gasteiger partial charge in [0, 0.05) is 21.7 Å². The molecule has 1 rings (SSSR count). The van der Waals surface area contributed by atoms with E-state index in [0.29, 0.717) is 0 Å². The van der Waals surface area contributed by atoms with Crippen molar-refractivity contribution in [2.24, 2.45) is 0 Å². The second kappa shape index (κ2) is 7.17. The molecule has 90 valence electrons. The van der Waals surface area contributed by atoms with Gasteiger partial charge < -0.3 is 10.4 Å². The lowest BCUT2D eigenvalue weighted by Gasteiger charge is -2.13. The summed E-state index contributed by atoms with van der Waals surface area (Å²) < 4.78 is 0. The Labute approximate surface area is 106 Å². The van der Waals surface area contributed by atoms with Crippen LogP contribution < -0.4 is 5.32 Å². The van der Waals surface area contributed by atoms with Crippen LogP contribution in [0.25, 0.3) is 0 Å². The summed E-state index contributed by atoms with van der Waals surface area (Å²) in [6.45, 7) is 6.03. The number of benzene rings is 1. The van der Waals surface area contributed by atoms with Crippen LogP contribution in [0, 0.1) is 0 Å². The highest BCUT2D eigenvalue weighted by molar-refractivity contribution is 8.00. The Kier molecular flexibility index (Phi) is 6.21. The van der Waals surface area contributed by atoms with Gasteiger partial charge in [-0.1, -0.05) is 25.4 Å². The van der Waals surface area contributed by atoms with Gasteiger partial charge >= 0.3 is 0 Å². The van der Waals surface area contributed by atoms with Gasteiger partial charge in [0.1, 0.15) is 0 Å². The average molecular weight is 260 g/mol. The first-order chi connectivity index (χ1) is 7.67. The SMILES string of the molecule is CCNCc1cc(Cl)ccc1SC(C)CO. The maximum Gasteiger partial charge on any atom is 0.0550 e. The molecule has 0 fully saturated rings. The Morgan fingerprint density at radius 2 is 2.25 bits per heavy atom. The van der Waals surface area contributed by atoms with Gasteiger partial charge in [0.2, 0.25) is 0 Å². The van der Waals surface area contributed by atoms with Crippen LogP contribution in [0.15, 0.2) is 23.1 Å². The summed E-state index contributed by atoms with van der Waals surface area (Å²) in [6.07, 6.45) is 0. The van der Waals surface area contributed by atoms with Gasteiger partial charge in [-0.15, -0.1) is 11.8 Å². The first-order valence-corrected chi connectivity index (χ1v) is 6.69. The fraction of sp³-hybridized carbons (Fsp3) is 0.500. The van der Waals surface area contributed by atoms with E-state index in [1.807, 2.05) is 25.1 Å². The first kappa shape index (κ1) is 13.8. The zero-order valence-electron chi connectivity index (χ0n) is 9.66. The van der Waals surface area contributed by atoms with Crippen molar-refractivity contribution in [1.29, 1.82) is 0 Å². The lowest BCUT2D eigenvalue weighted by Crippen LogP contribution is -2.13. The Morgan fingerprint density at radius 3 is 2.88 bits per heavy atom. The van der Waals surface area contributed by atoms with Crippen molar-refractivity contribution >= 4 is 23.4 Å². The fourth-order valence-corrected chi connectivity index (χ4v) is 2.45. The minimum Gasteiger partial charge on any atom is -0.395 e. The van der Waals surface area contributed by atoms with Crippen LogP contribution in [0.1, 0.15) is 19.4 Å². The standard InChI is InChI=1S/C12H18ClNOS/c1-3-14-7-10-6-11(13)4-5-12(10)16-9(2)8-15/h4-6,9,14-15H,3,7-8H2,1-2H3. The van der Waals surface area contributed by atoms with Crippen LogP contribution in [0.2, 0.25) is 5.02 Å². The third-order valence-corrected chi connectivity index (χ3v) is 3.61. The number of nitrogens with one attached hydrogen (secondary N) is 1. The zero-order valence-corrected chi connectivity index (χ0v) is 11.2. The van der Waals surface area contributed by atoms with Crippen molar-refractivity contribution in [3.05, 3.63) is 28.8 Å². The molecule has 1 aromatic rings. The molecule has 0 aliphatic rings. The summed E-state index contributed by atoms with van der Waals surface area (Å²) >= 11 is 7.66. The van der Waals surface area contributed by atoms with Gasteiger partial charge in [-0.05, 0) is 30.3 Å². The Hall–Kier alpha value is -0.220. The average Bonchev–Trinajstić information content (AvgIpc) is 2.29. The topological polar surface area (TPSA) is 32.3 Å². The van der Waals surface area contributed by atoms with E-state index >= 15 is 0 Å². The molecule has 4 heteroatoms. The van der Waals surface area contributed by atoms with E-state index in [0.717, 1.165) is 18.1 Å². The minimum absolute atomic E-state index is 0.188. The molecular weight excluding hydrogens is 242 g/mol. The molecule has 0 aliphatic carbocycles. The number of aliphatic hydroxyl groups excluding tert-OH is 1. The molecule has 0 bridgehead atoms. The zero-order chi connectivity index (χ0) is 12.0. The van der Waals surface area contributed by atoms with E-state index in [-0.39, 0.29) is 11.9 Å². The maximum absolute atomic E-state index is 9.06. The van der Waals surface area contributed by atoms with Gasteiger partial charge in [0.15, 0.2) is 0 Å². The van der Waals surface area contributed by atoms with Crippen LogP contribution in [0.3, 0.4) is 0 Å². The van der Waals surface area contributed by atoms with E-state index in [9.17, 15) is 0 Å². The number of halogens is 1. The van der Waals surface area contributed by atoms with E-state index in [2.05, 4.69) is 12.2 Å². The monoisotopic (exact) mass is 259 g/mol. The summed E-state index contributed by atoms with van der Waals surface area (Å²) in [5, 5.41) is 13.3. The molecule has 0 saturated heterocycles. The Bertz CT molecular complexity index is 333. The van der Waals surface area contributed by atoms with Crippen molar-refractivity contribution in [1.82, 2.24) is 5.32 Å². The third-order valence-electron chi connectivity index (χ3n) is 2.17. The molecule has 0 aromatic heterocycles. The fourth-order valence-electron chi connectivity index (χ4n) is 1.31.